The van der Waals surface area contributed by atoms with Gasteiger partial charge in [-0.15, -0.1) is 0 Å². The first kappa shape index (κ1) is 27.8. The summed E-state index contributed by atoms with van der Waals surface area (Å²) < 4.78 is 0. The van der Waals surface area contributed by atoms with Gasteiger partial charge in [0, 0.05) is 51.9 Å². The van der Waals surface area contributed by atoms with Crippen LogP contribution in [0, 0.1) is 0 Å². The minimum absolute atomic E-state index is 0.138. The van der Waals surface area contributed by atoms with E-state index in [0.29, 0.717) is 0 Å². The zero-order valence-corrected chi connectivity index (χ0v) is 26.6. The van der Waals surface area contributed by atoms with Gasteiger partial charge in [-0.25, -0.2) is 0 Å². The molecule has 4 aliphatic rings. The fourth-order valence-electron chi connectivity index (χ4n) is 8.21. The van der Waals surface area contributed by atoms with Crippen molar-refractivity contribution >= 4 is 51.8 Å². The minimum atomic E-state index is -0.318. The molecule has 5 aromatic rings. The van der Waals surface area contributed by atoms with Gasteiger partial charge in [-0.3, -0.25) is 0 Å². The second-order valence-electron chi connectivity index (χ2n) is 13.1. The molecule has 0 aromatic heterocycles. The fraction of sp³-hybridized carbons (Fsp3) is 0.116. The lowest BCUT2D eigenvalue weighted by atomic mass is 9.32. The Labute approximate surface area is 278 Å². The Morgan fingerprint density at radius 2 is 1.23 bits per heavy atom. The van der Waals surface area contributed by atoms with Crippen molar-refractivity contribution in [1.29, 1.82) is 0 Å². The van der Waals surface area contributed by atoms with E-state index in [-0.39, 0.29) is 12.3 Å². The Hall–Kier alpha value is -5.48. The number of anilines is 6. The maximum absolute atomic E-state index is 2.55. The molecule has 3 nitrogen and oxygen atoms in total. The predicted molar refractivity (Wildman–Crippen MR) is 199 cm³/mol. The van der Waals surface area contributed by atoms with Crippen molar-refractivity contribution in [3.05, 3.63) is 181 Å². The molecule has 1 atom stereocenters. The second kappa shape index (κ2) is 11.1. The zero-order valence-electron chi connectivity index (χ0n) is 26.6. The molecule has 0 bridgehead atoms. The van der Waals surface area contributed by atoms with Gasteiger partial charge in [0.15, 0.2) is 0 Å². The number of fused-ring (bicyclic) bond motifs is 3. The molecule has 0 saturated carbocycles. The Bertz CT molecular complexity index is 2060. The fourth-order valence-corrected chi connectivity index (χ4v) is 8.21. The highest BCUT2D eigenvalue weighted by Crippen LogP contribution is 2.49. The van der Waals surface area contributed by atoms with E-state index in [1.807, 2.05) is 0 Å². The van der Waals surface area contributed by atoms with Gasteiger partial charge >= 0.3 is 0 Å². The lowest BCUT2D eigenvalue weighted by Crippen LogP contribution is -2.58. The Morgan fingerprint density at radius 1 is 0.617 bits per heavy atom. The van der Waals surface area contributed by atoms with E-state index >= 15 is 0 Å². The van der Waals surface area contributed by atoms with Crippen LogP contribution in [0.5, 0.6) is 0 Å². The number of nitrogens with zero attached hydrogens (tertiary/aromatic N) is 3. The van der Waals surface area contributed by atoms with Crippen LogP contribution >= 0.6 is 0 Å². The van der Waals surface area contributed by atoms with Crippen LogP contribution in [0.25, 0.3) is 0 Å². The van der Waals surface area contributed by atoms with Crippen LogP contribution in [-0.2, 0) is 0 Å². The summed E-state index contributed by atoms with van der Waals surface area (Å²) in [4.78, 5) is 7.57. The van der Waals surface area contributed by atoms with Crippen LogP contribution in [0.15, 0.2) is 181 Å². The van der Waals surface area contributed by atoms with Gasteiger partial charge in [0.1, 0.15) is 0 Å². The highest BCUT2D eigenvalue weighted by molar-refractivity contribution is 6.95. The normalized spacial score (nSPS) is 19.2. The largest absolute Gasteiger partial charge is 0.332 e. The van der Waals surface area contributed by atoms with Crippen molar-refractivity contribution in [2.24, 2.45) is 0 Å². The molecule has 2 heterocycles. The van der Waals surface area contributed by atoms with E-state index < -0.39 is 0 Å². The van der Waals surface area contributed by atoms with Gasteiger partial charge in [-0.1, -0.05) is 103 Å². The van der Waals surface area contributed by atoms with Crippen LogP contribution in [0.4, 0.5) is 34.1 Å². The summed E-state index contributed by atoms with van der Waals surface area (Å²) in [5.41, 5.74) is 13.8. The number of para-hydroxylation sites is 4. The SMILES string of the molecule is CC1(N(c2ccccc2)c2ccccc2)C=CC2=C(C1)N(c1ccccc1)c1cccc3c1B2c1ccccc1N3C1=CCCC=C1. The summed E-state index contributed by atoms with van der Waals surface area (Å²) in [6.07, 6.45) is 14.9. The Morgan fingerprint density at radius 3 is 1.91 bits per heavy atom. The van der Waals surface area contributed by atoms with Gasteiger partial charge in [0.05, 0.1) is 5.54 Å². The third kappa shape index (κ3) is 4.43. The molecule has 1 unspecified atom stereocenters. The highest BCUT2D eigenvalue weighted by Gasteiger charge is 2.47. The van der Waals surface area contributed by atoms with Crippen LogP contribution in [0.3, 0.4) is 0 Å². The molecular formula is C43H36BN3. The first-order valence-corrected chi connectivity index (χ1v) is 16.8. The number of rotatable bonds is 5. The summed E-state index contributed by atoms with van der Waals surface area (Å²) in [6, 6.07) is 48.6. The molecule has 5 aromatic carbocycles. The average Bonchev–Trinajstić information content (AvgIpc) is 3.13. The predicted octanol–water partition coefficient (Wildman–Crippen LogP) is 9.48. The zero-order chi connectivity index (χ0) is 31.4. The highest BCUT2D eigenvalue weighted by atomic mass is 15.2. The van der Waals surface area contributed by atoms with Crippen molar-refractivity contribution in [3.63, 3.8) is 0 Å². The summed E-state index contributed by atoms with van der Waals surface area (Å²) in [6.45, 7) is 2.53. The van der Waals surface area contributed by atoms with Crippen LogP contribution in [-0.4, -0.2) is 12.3 Å². The number of allylic oxidation sites excluding steroid dienone is 5. The molecule has 0 saturated heterocycles. The van der Waals surface area contributed by atoms with E-state index in [1.165, 1.54) is 61.9 Å². The third-order valence-corrected chi connectivity index (χ3v) is 10.2. The third-order valence-electron chi connectivity index (χ3n) is 10.2. The summed E-state index contributed by atoms with van der Waals surface area (Å²) in [5, 5.41) is 0. The van der Waals surface area contributed by atoms with E-state index in [0.717, 1.165) is 19.3 Å². The minimum Gasteiger partial charge on any atom is -0.332 e. The van der Waals surface area contributed by atoms with Crippen molar-refractivity contribution < 1.29 is 0 Å². The Kier molecular flexibility index (Phi) is 6.57. The standard InChI is InChI=1S/C43H36BN3/c1-43(47(34-21-10-4-11-22-34)35-23-12-5-13-24-35)30-29-37-41(31-43)46(33-19-8-3-9-20-33)40-28-16-27-39-42(40)44(37)36-25-14-15-26-38(36)45(39)32-17-6-2-7-18-32/h3-6,8-30H,2,7,31H2,1H3. The van der Waals surface area contributed by atoms with Crippen molar-refractivity contribution in [1.82, 2.24) is 0 Å². The molecule has 4 heteroatoms. The molecule has 0 fully saturated rings. The molecule has 0 N–H and O–H groups in total. The van der Waals surface area contributed by atoms with Gasteiger partial charge in [-0.2, -0.15) is 0 Å². The lowest BCUT2D eigenvalue weighted by molar-refractivity contribution is 0.548. The topological polar surface area (TPSA) is 9.72 Å². The van der Waals surface area contributed by atoms with Crippen LogP contribution in [0.2, 0.25) is 0 Å². The smallest absolute Gasteiger partial charge is 0.251 e. The molecule has 2 aliphatic carbocycles. The van der Waals surface area contributed by atoms with E-state index in [2.05, 4.69) is 185 Å². The molecule has 0 amide bonds. The molecule has 47 heavy (non-hydrogen) atoms. The maximum atomic E-state index is 2.55. The quantitative estimate of drug-likeness (QED) is 0.185. The van der Waals surface area contributed by atoms with Gasteiger partial charge in [0.2, 0.25) is 0 Å². The summed E-state index contributed by atoms with van der Waals surface area (Å²) >= 11 is 0. The molecule has 9 rings (SSSR count). The van der Waals surface area contributed by atoms with Crippen molar-refractivity contribution in [2.75, 3.05) is 14.7 Å². The van der Waals surface area contributed by atoms with E-state index in [1.54, 1.807) is 0 Å². The number of benzene rings is 5. The maximum Gasteiger partial charge on any atom is 0.251 e. The second-order valence-corrected chi connectivity index (χ2v) is 13.1. The average molecular weight is 606 g/mol. The van der Waals surface area contributed by atoms with E-state index in [4.69, 9.17) is 0 Å². The van der Waals surface area contributed by atoms with Gasteiger partial charge in [0.25, 0.3) is 6.71 Å². The first-order chi connectivity index (χ1) is 23.2. The van der Waals surface area contributed by atoms with Crippen LogP contribution < -0.4 is 25.6 Å². The van der Waals surface area contributed by atoms with Crippen LogP contribution in [0.1, 0.15) is 26.2 Å². The van der Waals surface area contributed by atoms with Gasteiger partial charge < -0.3 is 14.7 Å². The lowest BCUT2D eigenvalue weighted by Gasteiger charge is -2.50. The van der Waals surface area contributed by atoms with Gasteiger partial charge in [-0.05, 0) is 96.8 Å². The summed E-state index contributed by atoms with van der Waals surface area (Å²) in [5.74, 6) is 0. The van der Waals surface area contributed by atoms with Crippen molar-refractivity contribution in [2.45, 2.75) is 31.7 Å². The van der Waals surface area contributed by atoms with Crippen molar-refractivity contribution in [3.8, 4) is 0 Å². The number of hydrogen-bond acceptors (Lipinski definition) is 3. The molecule has 226 valence electrons. The number of hydrogen-bond donors (Lipinski definition) is 0. The molecule has 0 spiro atoms. The summed E-state index contributed by atoms with van der Waals surface area (Å²) in [7, 11) is 0. The van der Waals surface area contributed by atoms with E-state index in [9.17, 15) is 0 Å². The Balaban J connectivity index is 1.27. The molecule has 2 aliphatic heterocycles. The monoisotopic (exact) mass is 605 g/mol. The first-order valence-electron chi connectivity index (χ1n) is 16.8. The molecular weight excluding hydrogens is 569 g/mol. The molecule has 0 radical (unpaired) electrons.